The van der Waals surface area contributed by atoms with Crippen molar-refractivity contribution in [1.29, 1.82) is 0 Å². The number of nitrogens with zero attached hydrogens (tertiary/aromatic N) is 5. The number of aryl methyl sites for hydroxylation is 1. The molecule has 3 rings (SSSR count). The van der Waals surface area contributed by atoms with E-state index < -0.39 is 0 Å². The lowest BCUT2D eigenvalue weighted by atomic mass is 10.2. The highest BCUT2D eigenvalue weighted by Crippen LogP contribution is 2.15. The first-order chi connectivity index (χ1) is 11.8. The number of aliphatic imine (C=N–C) groups is 1. The molecule has 0 bridgehead atoms. The lowest BCUT2D eigenvalue weighted by Crippen LogP contribution is -2.38. The molecule has 0 amide bonds. The fourth-order valence-corrected chi connectivity index (χ4v) is 3.75. The van der Waals surface area contributed by atoms with Crippen molar-refractivity contribution < 1.29 is 0 Å². The molecule has 0 saturated heterocycles. The molecule has 1 aliphatic rings. The summed E-state index contributed by atoms with van der Waals surface area (Å²) in [5, 5.41) is 14.2. The molecule has 0 spiro atoms. The number of hydrogen-bond donors (Lipinski definition) is 1. The fraction of sp³-hybridized carbons (Fsp3) is 0.588. The fourth-order valence-electron chi connectivity index (χ4n) is 2.99. The molecule has 1 N–H and O–H groups in total. The van der Waals surface area contributed by atoms with E-state index in [1.807, 2.05) is 0 Å². The van der Waals surface area contributed by atoms with Gasteiger partial charge in [0.15, 0.2) is 11.8 Å². The maximum atomic E-state index is 4.79. The first kappa shape index (κ1) is 20.2. The van der Waals surface area contributed by atoms with E-state index in [9.17, 15) is 0 Å². The molecular formula is C17H27IN6S. The largest absolute Gasteiger partial charge is 0.357 e. The molecule has 138 valence electrons. The van der Waals surface area contributed by atoms with Crippen molar-refractivity contribution in [1.82, 2.24) is 25.0 Å². The van der Waals surface area contributed by atoms with Gasteiger partial charge in [-0.2, -0.15) is 0 Å². The average Bonchev–Trinajstić information content (AvgIpc) is 3.16. The normalized spacial score (nSPS) is 14.4. The van der Waals surface area contributed by atoms with Crippen LogP contribution in [0.2, 0.25) is 0 Å². The summed E-state index contributed by atoms with van der Waals surface area (Å²) in [4.78, 5) is 8.28. The van der Waals surface area contributed by atoms with Crippen LogP contribution < -0.4 is 5.32 Å². The van der Waals surface area contributed by atoms with Gasteiger partial charge in [0.2, 0.25) is 0 Å². The van der Waals surface area contributed by atoms with Crippen LogP contribution in [-0.4, -0.2) is 39.2 Å². The first-order valence-electron chi connectivity index (χ1n) is 8.70. The molecule has 2 aromatic rings. The Morgan fingerprint density at radius 3 is 3.00 bits per heavy atom. The van der Waals surface area contributed by atoms with Gasteiger partial charge >= 0.3 is 0 Å². The molecule has 3 heterocycles. The van der Waals surface area contributed by atoms with Gasteiger partial charge in [0.25, 0.3) is 0 Å². The first-order valence-corrected chi connectivity index (χ1v) is 9.58. The number of rotatable bonds is 5. The van der Waals surface area contributed by atoms with Crippen molar-refractivity contribution in [3.63, 3.8) is 0 Å². The molecule has 1 aliphatic heterocycles. The minimum absolute atomic E-state index is 0. The predicted molar refractivity (Wildman–Crippen MR) is 114 cm³/mol. The van der Waals surface area contributed by atoms with Crippen molar-refractivity contribution in [3.05, 3.63) is 34.0 Å². The zero-order valence-corrected chi connectivity index (χ0v) is 18.1. The van der Waals surface area contributed by atoms with Gasteiger partial charge in [-0.15, -0.1) is 45.5 Å². The minimum atomic E-state index is 0. The number of guanidine groups is 1. The summed E-state index contributed by atoms with van der Waals surface area (Å²) < 4.78 is 2.26. The second kappa shape index (κ2) is 10.1. The molecule has 25 heavy (non-hydrogen) atoms. The molecule has 0 atom stereocenters. The lowest BCUT2D eigenvalue weighted by Gasteiger charge is -2.21. The number of thiophene rings is 1. The van der Waals surface area contributed by atoms with Crippen LogP contribution in [0, 0.1) is 0 Å². The quantitative estimate of drug-likeness (QED) is 0.411. The Morgan fingerprint density at radius 2 is 2.24 bits per heavy atom. The third-order valence-electron chi connectivity index (χ3n) is 4.23. The van der Waals surface area contributed by atoms with Gasteiger partial charge < -0.3 is 14.8 Å². The maximum Gasteiger partial charge on any atom is 0.194 e. The van der Waals surface area contributed by atoms with E-state index in [4.69, 9.17) is 4.99 Å². The van der Waals surface area contributed by atoms with Crippen LogP contribution in [0.1, 0.15) is 42.7 Å². The van der Waals surface area contributed by atoms with Crippen LogP contribution in [-0.2, 0) is 26.1 Å². The highest BCUT2D eigenvalue weighted by atomic mass is 127. The van der Waals surface area contributed by atoms with Gasteiger partial charge in [-0.3, -0.25) is 0 Å². The number of halogens is 1. The molecule has 0 unspecified atom stereocenters. The van der Waals surface area contributed by atoms with E-state index >= 15 is 0 Å². The molecule has 2 aromatic heterocycles. The number of aromatic nitrogens is 3. The van der Waals surface area contributed by atoms with E-state index in [1.54, 1.807) is 11.3 Å². The van der Waals surface area contributed by atoms with E-state index in [2.05, 4.69) is 56.5 Å². The highest BCUT2D eigenvalue weighted by Gasteiger charge is 2.15. The molecule has 6 nitrogen and oxygen atoms in total. The van der Waals surface area contributed by atoms with E-state index in [0.717, 1.165) is 43.7 Å². The van der Waals surface area contributed by atoms with Crippen molar-refractivity contribution in [3.8, 4) is 0 Å². The highest BCUT2D eigenvalue weighted by molar-refractivity contribution is 14.0. The molecular weight excluding hydrogens is 447 g/mol. The monoisotopic (exact) mass is 474 g/mol. The van der Waals surface area contributed by atoms with Gasteiger partial charge in [0.1, 0.15) is 12.4 Å². The number of nitrogens with one attached hydrogen (secondary N) is 1. The molecule has 0 fully saturated rings. The second-order valence-corrected chi connectivity index (χ2v) is 7.13. The van der Waals surface area contributed by atoms with Gasteiger partial charge in [-0.05, 0) is 31.2 Å². The Hall–Kier alpha value is -1.16. The van der Waals surface area contributed by atoms with Crippen LogP contribution in [0.15, 0.2) is 22.5 Å². The van der Waals surface area contributed by atoms with Crippen molar-refractivity contribution in [2.75, 3.05) is 13.6 Å². The van der Waals surface area contributed by atoms with E-state index in [-0.39, 0.29) is 24.0 Å². The SMILES string of the molecule is CCNC(=NCc1nnc2n1CCCCC2)N(C)Cc1cccs1.I. The van der Waals surface area contributed by atoms with Crippen molar-refractivity contribution >= 4 is 41.3 Å². The Balaban J connectivity index is 0.00000225. The molecule has 8 heteroatoms. The third kappa shape index (κ3) is 5.40. The van der Waals surface area contributed by atoms with Crippen molar-refractivity contribution in [2.45, 2.75) is 52.2 Å². The van der Waals surface area contributed by atoms with Gasteiger partial charge in [0, 0.05) is 31.4 Å². The van der Waals surface area contributed by atoms with Gasteiger partial charge in [-0.1, -0.05) is 12.5 Å². The standard InChI is InChI=1S/C17H26N6S.HI/c1-3-18-17(22(2)13-14-8-7-11-24-14)19-12-16-21-20-15-9-5-4-6-10-23(15)16;/h7-8,11H,3-6,9-10,12-13H2,1-2H3,(H,18,19);1H. The Bertz CT molecular complexity index is 667. The van der Waals surface area contributed by atoms with Crippen LogP contribution in [0.25, 0.3) is 0 Å². The molecule has 0 aromatic carbocycles. The van der Waals surface area contributed by atoms with Crippen LogP contribution in [0.4, 0.5) is 0 Å². The summed E-state index contributed by atoms with van der Waals surface area (Å²) in [6, 6.07) is 4.24. The number of fused-ring (bicyclic) bond motifs is 1. The van der Waals surface area contributed by atoms with Gasteiger partial charge in [-0.25, -0.2) is 4.99 Å². The Morgan fingerprint density at radius 1 is 1.36 bits per heavy atom. The molecule has 0 radical (unpaired) electrons. The molecule has 0 aliphatic carbocycles. The summed E-state index contributed by atoms with van der Waals surface area (Å²) >= 11 is 1.77. The van der Waals surface area contributed by atoms with Gasteiger partial charge in [0.05, 0.1) is 6.54 Å². The van der Waals surface area contributed by atoms with Crippen LogP contribution >= 0.6 is 35.3 Å². The smallest absolute Gasteiger partial charge is 0.194 e. The summed E-state index contributed by atoms with van der Waals surface area (Å²) in [6.07, 6.45) is 4.74. The maximum absolute atomic E-state index is 4.79. The number of hydrogen-bond acceptors (Lipinski definition) is 4. The zero-order valence-electron chi connectivity index (χ0n) is 14.9. The summed E-state index contributed by atoms with van der Waals surface area (Å²) in [6.45, 7) is 5.41. The summed E-state index contributed by atoms with van der Waals surface area (Å²) in [5.74, 6) is 3.01. The predicted octanol–water partition coefficient (Wildman–Crippen LogP) is 3.28. The Labute approximate surface area is 170 Å². The average molecular weight is 474 g/mol. The van der Waals surface area contributed by atoms with E-state index in [1.165, 1.54) is 24.1 Å². The summed E-state index contributed by atoms with van der Waals surface area (Å²) in [7, 11) is 2.07. The lowest BCUT2D eigenvalue weighted by molar-refractivity contribution is 0.480. The third-order valence-corrected chi connectivity index (χ3v) is 5.09. The summed E-state index contributed by atoms with van der Waals surface area (Å²) in [5.41, 5.74) is 0. The zero-order chi connectivity index (χ0) is 16.8. The topological polar surface area (TPSA) is 58.3 Å². The van der Waals surface area contributed by atoms with Crippen LogP contribution in [0.5, 0.6) is 0 Å². The molecule has 0 saturated carbocycles. The Kier molecular flexibility index (Phi) is 8.14. The van der Waals surface area contributed by atoms with E-state index in [0.29, 0.717) is 6.54 Å². The van der Waals surface area contributed by atoms with Crippen LogP contribution in [0.3, 0.4) is 0 Å². The minimum Gasteiger partial charge on any atom is -0.357 e. The van der Waals surface area contributed by atoms with Crippen molar-refractivity contribution in [2.24, 2.45) is 4.99 Å². The second-order valence-electron chi connectivity index (χ2n) is 6.10.